The lowest BCUT2D eigenvalue weighted by molar-refractivity contribution is 0.258. The Balaban J connectivity index is 1.82. The first kappa shape index (κ1) is 12.3. The molecule has 0 fully saturated rings. The summed E-state index contributed by atoms with van der Waals surface area (Å²) in [5.74, 6) is 1.61. The maximum atomic E-state index is 5.73. The van der Waals surface area contributed by atoms with Gasteiger partial charge in [0.1, 0.15) is 5.75 Å². The highest BCUT2D eigenvalue weighted by Crippen LogP contribution is 2.34. The van der Waals surface area contributed by atoms with Crippen molar-refractivity contribution < 1.29 is 4.74 Å². The summed E-state index contributed by atoms with van der Waals surface area (Å²) in [6, 6.07) is 12.7. The fraction of sp³-hybridized carbons (Fsp3) is 0.375. The molecule has 1 unspecified atom stereocenters. The van der Waals surface area contributed by atoms with Gasteiger partial charge in [0.2, 0.25) is 0 Å². The number of para-hydroxylation sites is 1. The first-order chi connectivity index (χ1) is 9.38. The lowest BCUT2D eigenvalue weighted by Crippen LogP contribution is -2.20. The molecular weight excluding hydrogens is 236 g/mol. The molecule has 3 nitrogen and oxygen atoms in total. The van der Waals surface area contributed by atoms with E-state index in [1.807, 2.05) is 13.1 Å². The summed E-state index contributed by atoms with van der Waals surface area (Å²) in [4.78, 5) is 0. The minimum absolute atomic E-state index is 0.549. The van der Waals surface area contributed by atoms with Gasteiger partial charge in [0.15, 0.2) is 0 Å². The molecule has 0 radical (unpaired) electrons. The van der Waals surface area contributed by atoms with E-state index in [2.05, 4.69) is 46.4 Å². The van der Waals surface area contributed by atoms with Crippen molar-refractivity contribution in [3.8, 4) is 5.75 Å². The zero-order valence-corrected chi connectivity index (χ0v) is 11.3. The topological polar surface area (TPSA) is 26.2 Å². The molecule has 3 heteroatoms. The summed E-state index contributed by atoms with van der Waals surface area (Å²) >= 11 is 0. The largest absolute Gasteiger partial charge is 0.493 e. The van der Waals surface area contributed by atoms with Gasteiger partial charge in [0.25, 0.3) is 0 Å². The van der Waals surface area contributed by atoms with Crippen LogP contribution in [0.5, 0.6) is 5.75 Å². The van der Waals surface area contributed by atoms with Crippen LogP contribution < -0.4 is 10.1 Å². The van der Waals surface area contributed by atoms with Gasteiger partial charge in [-0.15, -0.1) is 0 Å². The molecule has 2 heterocycles. The van der Waals surface area contributed by atoms with Crippen molar-refractivity contribution in [1.29, 1.82) is 0 Å². The van der Waals surface area contributed by atoms with Crippen molar-refractivity contribution in [3.05, 3.63) is 53.9 Å². The first-order valence-corrected chi connectivity index (χ1v) is 6.89. The van der Waals surface area contributed by atoms with Gasteiger partial charge >= 0.3 is 0 Å². The van der Waals surface area contributed by atoms with Crippen molar-refractivity contribution in [3.63, 3.8) is 0 Å². The van der Waals surface area contributed by atoms with Crippen LogP contribution in [-0.4, -0.2) is 18.2 Å². The Morgan fingerprint density at radius 1 is 1.26 bits per heavy atom. The standard InChI is InChI=1S/C16H20N2O/c1-17-11-14-5-4-9-18(14)12-13-8-10-19-16-7-3-2-6-15(13)16/h2-7,9,13,17H,8,10-12H2,1H3. The average Bonchev–Trinajstić information content (AvgIpc) is 2.87. The number of nitrogens with zero attached hydrogens (tertiary/aromatic N) is 1. The third kappa shape index (κ3) is 2.51. The molecule has 0 aliphatic carbocycles. The maximum absolute atomic E-state index is 5.73. The third-order valence-electron chi connectivity index (χ3n) is 3.78. The number of hydrogen-bond donors (Lipinski definition) is 1. The number of ether oxygens (including phenoxy) is 1. The van der Waals surface area contributed by atoms with Crippen LogP contribution in [0, 0.1) is 0 Å². The molecule has 3 rings (SSSR count). The maximum Gasteiger partial charge on any atom is 0.122 e. The number of hydrogen-bond acceptors (Lipinski definition) is 2. The van der Waals surface area contributed by atoms with E-state index in [-0.39, 0.29) is 0 Å². The van der Waals surface area contributed by atoms with Crippen LogP contribution >= 0.6 is 0 Å². The second kappa shape index (κ2) is 5.49. The molecule has 1 aliphatic heterocycles. The van der Waals surface area contributed by atoms with E-state index in [1.165, 1.54) is 11.3 Å². The molecule has 0 amide bonds. The molecule has 2 aromatic rings. The minimum Gasteiger partial charge on any atom is -0.493 e. The summed E-state index contributed by atoms with van der Waals surface area (Å²) in [6.45, 7) is 2.77. The predicted molar refractivity (Wildman–Crippen MR) is 76.5 cm³/mol. The normalized spacial score (nSPS) is 17.8. The van der Waals surface area contributed by atoms with E-state index in [9.17, 15) is 0 Å². The highest BCUT2D eigenvalue weighted by Gasteiger charge is 2.21. The van der Waals surface area contributed by atoms with E-state index in [0.717, 1.165) is 31.9 Å². The van der Waals surface area contributed by atoms with Gasteiger partial charge in [-0.05, 0) is 37.2 Å². The van der Waals surface area contributed by atoms with Gasteiger partial charge in [-0.2, -0.15) is 0 Å². The van der Waals surface area contributed by atoms with Crippen LogP contribution in [-0.2, 0) is 13.1 Å². The van der Waals surface area contributed by atoms with Gasteiger partial charge in [0.05, 0.1) is 6.61 Å². The number of fused-ring (bicyclic) bond motifs is 1. The van der Waals surface area contributed by atoms with Crippen LogP contribution in [0.2, 0.25) is 0 Å². The summed E-state index contributed by atoms with van der Waals surface area (Å²) in [6.07, 6.45) is 3.26. The zero-order valence-electron chi connectivity index (χ0n) is 11.3. The van der Waals surface area contributed by atoms with E-state index >= 15 is 0 Å². The van der Waals surface area contributed by atoms with Crippen LogP contribution in [0.25, 0.3) is 0 Å². The van der Waals surface area contributed by atoms with Gasteiger partial charge in [-0.3, -0.25) is 0 Å². The molecule has 1 N–H and O–H groups in total. The number of aromatic nitrogens is 1. The lowest BCUT2D eigenvalue weighted by atomic mass is 9.93. The molecule has 0 saturated carbocycles. The third-order valence-corrected chi connectivity index (χ3v) is 3.78. The summed E-state index contributed by atoms with van der Waals surface area (Å²) < 4.78 is 8.08. The molecule has 1 aromatic carbocycles. The van der Waals surface area contributed by atoms with E-state index < -0.39 is 0 Å². The van der Waals surface area contributed by atoms with Crippen LogP contribution in [0.4, 0.5) is 0 Å². The Morgan fingerprint density at radius 3 is 3.05 bits per heavy atom. The summed E-state index contributed by atoms with van der Waals surface area (Å²) in [5.41, 5.74) is 2.68. The Kier molecular flexibility index (Phi) is 3.56. The van der Waals surface area contributed by atoms with Crippen molar-refractivity contribution in [2.45, 2.75) is 25.4 Å². The van der Waals surface area contributed by atoms with Gasteiger partial charge in [-0.1, -0.05) is 18.2 Å². The minimum atomic E-state index is 0.549. The van der Waals surface area contributed by atoms with Gasteiger partial charge in [0, 0.05) is 30.9 Å². The Hall–Kier alpha value is -1.74. The molecule has 1 aliphatic rings. The monoisotopic (exact) mass is 256 g/mol. The number of rotatable bonds is 4. The van der Waals surface area contributed by atoms with E-state index in [1.54, 1.807) is 0 Å². The second-order valence-corrected chi connectivity index (χ2v) is 5.05. The first-order valence-electron chi connectivity index (χ1n) is 6.89. The predicted octanol–water partition coefficient (Wildman–Crippen LogP) is 2.77. The van der Waals surface area contributed by atoms with Crippen molar-refractivity contribution in [1.82, 2.24) is 9.88 Å². The van der Waals surface area contributed by atoms with Crippen molar-refractivity contribution in [2.75, 3.05) is 13.7 Å². The molecule has 1 aromatic heterocycles. The average molecular weight is 256 g/mol. The number of benzene rings is 1. The Labute approximate surface area is 114 Å². The fourth-order valence-corrected chi connectivity index (χ4v) is 2.81. The quantitative estimate of drug-likeness (QED) is 0.910. The van der Waals surface area contributed by atoms with Crippen molar-refractivity contribution in [2.24, 2.45) is 0 Å². The van der Waals surface area contributed by atoms with Crippen LogP contribution in [0.1, 0.15) is 23.6 Å². The highest BCUT2D eigenvalue weighted by molar-refractivity contribution is 5.37. The molecule has 0 bridgehead atoms. The molecule has 0 saturated heterocycles. The van der Waals surface area contributed by atoms with Crippen LogP contribution in [0.3, 0.4) is 0 Å². The smallest absolute Gasteiger partial charge is 0.122 e. The molecule has 100 valence electrons. The summed E-state index contributed by atoms with van der Waals surface area (Å²) in [5, 5.41) is 3.22. The molecule has 1 atom stereocenters. The SMILES string of the molecule is CNCc1cccn1CC1CCOc2ccccc21. The van der Waals surface area contributed by atoms with E-state index in [0.29, 0.717) is 5.92 Å². The lowest BCUT2D eigenvalue weighted by Gasteiger charge is -2.27. The second-order valence-electron chi connectivity index (χ2n) is 5.05. The van der Waals surface area contributed by atoms with Gasteiger partial charge in [-0.25, -0.2) is 0 Å². The Bertz CT molecular complexity index is 547. The molecule has 0 spiro atoms. The van der Waals surface area contributed by atoms with Crippen LogP contribution in [0.15, 0.2) is 42.6 Å². The zero-order chi connectivity index (χ0) is 13.1. The summed E-state index contributed by atoms with van der Waals surface area (Å²) in [7, 11) is 1.99. The van der Waals surface area contributed by atoms with Crippen molar-refractivity contribution >= 4 is 0 Å². The number of nitrogens with one attached hydrogen (secondary N) is 1. The highest BCUT2D eigenvalue weighted by atomic mass is 16.5. The molecular formula is C16H20N2O. The fourth-order valence-electron chi connectivity index (χ4n) is 2.81. The Morgan fingerprint density at radius 2 is 2.16 bits per heavy atom. The molecule has 19 heavy (non-hydrogen) atoms. The van der Waals surface area contributed by atoms with E-state index in [4.69, 9.17) is 4.74 Å². The van der Waals surface area contributed by atoms with Gasteiger partial charge < -0.3 is 14.6 Å².